The van der Waals surface area contributed by atoms with Crippen molar-refractivity contribution in [2.24, 2.45) is 0 Å². The number of carbonyl (C=O) groups excluding carboxylic acids is 2. The van der Waals surface area contributed by atoms with Gasteiger partial charge in [-0.25, -0.2) is 32.5 Å². The number of benzene rings is 1. The molecule has 186 valence electrons. The quantitative estimate of drug-likeness (QED) is 0.268. The van der Waals surface area contributed by atoms with Gasteiger partial charge in [0.05, 0.1) is 16.8 Å². The number of pyridine rings is 1. The van der Waals surface area contributed by atoms with Gasteiger partial charge in [0.2, 0.25) is 11.7 Å². The summed E-state index contributed by atoms with van der Waals surface area (Å²) >= 11 is 0. The van der Waals surface area contributed by atoms with Gasteiger partial charge in [0.15, 0.2) is 5.82 Å². The number of aromatic nitrogens is 4. The molecule has 3 aromatic heterocycles. The van der Waals surface area contributed by atoms with E-state index in [2.05, 4.69) is 25.3 Å². The second-order valence-corrected chi connectivity index (χ2v) is 8.11. The van der Waals surface area contributed by atoms with E-state index in [1.54, 1.807) is 6.07 Å². The third kappa shape index (κ3) is 4.44. The fourth-order valence-corrected chi connectivity index (χ4v) is 3.87. The maximum atomic E-state index is 15.3. The molecule has 1 aliphatic rings. The normalized spacial score (nSPS) is 15.3. The van der Waals surface area contributed by atoms with Crippen LogP contribution < -0.4 is 11.1 Å². The molecule has 1 unspecified atom stereocenters. The highest BCUT2D eigenvalue weighted by atomic mass is 19.1. The van der Waals surface area contributed by atoms with Crippen molar-refractivity contribution in [2.75, 3.05) is 11.1 Å². The van der Waals surface area contributed by atoms with Crippen LogP contribution in [-0.2, 0) is 4.79 Å². The molecule has 5 rings (SSSR count). The van der Waals surface area contributed by atoms with Crippen LogP contribution in [0.5, 0.6) is 0 Å². The first kappa shape index (κ1) is 23.9. The molecule has 4 N–H and O–H groups in total. The smallest absolute Gasteiger partial charge is 0.254 e. The van der Waals surface area contributed by atoms with E-state index in [9.17, 15) is 22.8 Å². The molecule has 8 nitrogen and oxygen atoms in total. The number of halogens is 4. The first-order valence-electron chi connectivity index (χ1n) is 10.8. The van der Waals surface area contributed by atoms with Crippen molar-refractivity contribution in [1.29, 1.82) is 0 Å². The van der Waals surface area contributed by atoms with E-state index in [-0.39, 0.29) is 29.0 Å². The number of rotatable bonds is 5. The zero-order valence-electron chi connectivity index (χ0n) is 18.7. The highest BCUT2D eigenvalue weighted by Crippen LogP contribution is 2.30. The minimum absolute atomic E-state index is 0.0663. The molecule has 12 heteroatoms. The van der Waals surface area contributed by atoms with Crippen LogP contribution in [0.2, 0.25) is 0 Å². The monoisotopic (exact) mass is 508 g/mol. The van der Waals surface area contributed by atoms with Gasteiger partial charge in [-0.2, -0.15) is 0 Å². The van der Waals surface area contributed by atoms with Crippen LogP contribution in [0.3, 0.4) is 0 Å². The van der Waals surface area contributed by atoms with Gasteiger partial charge in [0.25, 0.3) is 5.91 Å². The number of amides is 1. The Kier molecular flexibility index (Phi) is 5.99. The van der Waals surface area contributed by atoms with E-state index in [0.29, 0.717) is 17.2 Å². The Bertz CT molecular complexity index is 1630. The van der Waals surface area contributed by atoms with Gasteiger partial charge < -0.3 is 16.0 Å². The predicted molar refractivity (Wildman–Crippen MR) is 127 cm³/mol. The van der Waals surface area contributed by atoms with E-state index in [1.807, 2.05) is 0 Å². The van der Waals surface area contributed by atoms with E-state index < -0.39 is 52.1 Å². The summed E-state index contributed by atoms with van der Waals surface area (Å²) in [4.78, 5) is 40.5. The molecule has 1 aromatic carbocycles. The summed E-state index contributed by atoms with van der Waals surface area (Å²) in [6, 6.07) is 3.25. The van der Waals surface area contributed by atoms with E-state index in [4.69, 9.17) is 5.73 Å². The summed E-state index contributed by atoms with van der Waals surface area (Å²) in [5.41, 5.74) is 4.68. The number of nitrogens with zero attached hydrogens (tertiary/aromatic N) is 3. The van der Waals surface area contributed by atoms with Crippen molar-refractivity contribution in [1.82, 2.24) is 19.9 Å². The van der Waals surface area contributed by atoms with Crippen molar-refractivity contribution in [3.63, 3.8) is 0 Å². The first-order chi connectivity index (χ1) is 17.7. The lowest BCUT2D eigenvalue weighted by Gasteiger charge is -2.16. The molecule has 1 aliphatic carbocycles. The predicted octanol–water partition coefficient (Wildman–Crippen LogP) is 4.57. The average Bonchev–Trinajstić information content (AvgIpc) is 3.31. The van der Waals surface area contributed by atoms with Crippen LogP contribution in [0.4, 0.5) is 29.2 Å². The van der Waals surface area contributed by atoms with Crippen LogP contribution in [0.1, 0.15) is 22.3 Å². The molecule has 0 radical (unpaired) electrons. The zero-order chi connectivity index (χ0) is 26.3. The van der Waals surface area contributed by atoms with Gasteiger partial charge in [-0.05, 0) is 30.4 Å². The van der Waals surface area contributed by atoms with Gasteiger partial charge in [-0.1, -0.05) is 0 Å². The molecular formula is C25H16F4N6O2. The maximum absolute atomic E-state index is 15.3. The summed E-state index contributed by atoms with van der Waals surface area (Å²) in [5, 5.41) is 2.36. The van der Waals surface area contributed by atoms with Crippen molar-refractivity contribution in [3.8, 4) is 11.1 Å². The van der Waals surface area contributed by atoms with Crippen molar-refractivity contribution in [3.05, 3.63) is 89.3 Å². The number of aromatic amines is 1. The van der Waals surface area contributed by atoms with Crippen molar-refractivity contribution in [2.45, 2.75) is 12.6 Å². The first-order valence-corrected chi connectivity index (χ1v) is 10.8. The SMILES string of the molecule is Nc1ncc(-c2cnc3[nH]cc(C(=O)c4c(F)ccc(NC(=O)C5=CC(F)=CCC5F)c4F)c3c2)cn1. The van der Waals surface area contributed by atoms with Crippen LogP contribution >= 0.6 is 0 Å². The van der Waals surface area contributed by atoms with Crippen LogP contribution in [0, 0.1) is 11.6 Å². The topological polar surface area (TPSA) is 127 Å². The summed E-state index contributed by atoms with van der Waals surface area (Å²) in [6.07, 6.45) is 5.16. The number of alkyl halides is 1. The molecule has 1 atom stereocenters. The molecule has 0 saturated heterocycles. The Hall–Kier alpha value is -4.87. The minimum Gasteiger partial charge on any atom is -0.368 e. The zero-order valence-corrected chi connectivity index (χ0v) is 18.7. The third-order valence-corrected chi connectivity index (χ3v) is 5.76. The number of H-pyrrole nitrogens is 1. The van der Waals surface area contributed by atoms with Crippen molar-refractivity contribution >= 4 is 34.4 Å². The van der Waals surface area contributed by atoms with Gasteiger partial charge in [0, 0.05) is 53.3 Å². The molecule has 0 bridgehead atoms. The lowest BCUT2D eigenvalue weighted by Crippen LogP contribution is -2.24. The van der Waals surface area contributed by atoms with Crippen LogP contribution in [-0.4, -0.2) is 37.8 Å². The third-order valence-electron chi connectivity index (χ3n) is 5.76. The molecule has 3 heterocycles. The summed E-state index contributed by atoms with van der Waals surface area (Å²) < 4.78 is 57.6. The fraction of sp³-hybridized carbons (Fsp3) is 0.0800. The molecular weight excluding hydrogens is 492 g/mol. The average molecular weight is 508 g/mol. The Morgan fingerprint density at radius 1 is 1.05 bits per heavy atom. The number of carbonyl (C=O) groups is 2. The summed E-state index contributed by atoms with van der Waals surface area (Å²) in [7, 11) is 0. The number of hydrogen-bond donors (Lipinski definition) is 3. The molecule has 1 amide bonds. The Balaban J connectivity index is 1.51. The number of nitrogen functional groups attached to an aromatic ring is 1. The second-order valence-electron chi connectivity index (χ2n) is 8.11. The van der Waals surface area contributed by atoms with E-state index in [1.165, 1.54) is 24.8 Å². The number of nitrogens with two attached hydrogens (primary N) is 1. The molecule has 0 aliphatic heterocycles. The number of hydrogen-bond acceptors (Lipinski definition) is 6. The minimum atomic E-state index is -1.80. The lowest BCUT2D eigenvalue weighted by molar-refractivity contribution is -0.113. The highest BCUT2D eigenvalue weighted by molar-refractivity contribution is 6.17. The van der Waals surface area contributed by atoms with Gasteiger partial charge in [-0.3, -0.25) is 9.59 Å². The lowest BCUT2D eigenvalue weighted by atomic mass is 9.99. The Labute approximate surface area is 206 Å². The second kappa shape index (κ2) is 9.30. The van der Waals surface area contributed by atoms with Gasteiger partial charge in [0.1, 0.15) is 23.5 Å². The van der Waals surface area contributed by atoms with E-state index >= 15 is 4.39 Å². The van der Waals surface area contributed by atoms with Crippen molar-refractivity contribution < 1.29 is 27.2 Å². The summed E-state index contributed by atoms with van der Waals surface area (Å²) in [5.74, 6) is -5.44. The molecule has 37 heavy (non-hydrogen) atoms. The van der Waals surface area contributed by atoms with Gasteiger partial charge in [-0.15, -0.1) is 0 Å². The number of nitrogens with one attached hydrogen (secondary N) is 2. The number of fused-ring (bicyclic) bond motifs is 1. The molecule has 0 fully saturated rings. The van der Waals surface area contributed by atoms with Crippen LogP contribution in [0.15, 0.2) is 66.5 Å². The Morgan fingerprint density at radius 3 is 2.54 bits per heavy atom. The van der Waals surface area contributed by atoms with Crippen LogP contribution in [0.25, 0.3) is 22.2 Å². The highest BCUT2D eigenvalue weighted by Gasteiger charge is 2.28. The van der Waals surface area contributed by atoms with Gasteiger partial charge >= 0.3 is 0 Å². The fourth-order valence-electron chi connectivity index (χ4n) is 3.87. The Morgan fingerprint density at radius 2 is 1.78 bits per heavy atom. The number of allylic oxidation sites excluding steroid dienone is 3. The summed E-state index contributed by atoms with van der Waals surface area (Å²) in [6.45, 7) is 0. The number of ketones is 1. The molecule has 0 spiro atoms. The molecule has 4 aromatic rings. The standard InChI is InChI=1S/C25H16F4N6O2/c26-13-1-2-17(27)15(6-13)24(37)35-19-4-3-18(28)20(21(19)29)22(36)16-10-32-23-14(16)5-11(7-31-23)12-8-33-25(30)34-9-12/h1,3-10,17H,2H2,(H,31,32)(H,35,37)(H2,30,33,34). The largest absolute Gasteiger partial charge is 0.368 e. The maximum Gasteiger partial charge on any atom is 0.254 e. The van der Waals surface area contributed by atoms with E-state index in [0.717, 1.165) is 18.2 Å². The number of anilines is 2. The molecule has 0 saturated carbocycles.